The number of nitrogens with zero attached hydrogens (tertiary/aromatic N) is 2. The molecule has 0 saturated carbocycles. The molecule has 3 rings (SSSR count). The number of pyridine rings is 1. The zero-order valence-corrected chi connectivity index (χ0v) is 13.3. The molecule has 1 aromatic rings. The molecule has 3 nitrogen and oxygen atoms in total. The summed E-state index contributed by atoms with van der Waals surface area (Å²) in [6.45, 7) is 0. The number of amides is 1. The molecule has 102 valence electrons. The predicted octanol–water partition coefficient (Wildman–Crippen LogP) is 3.34. The first kappa shape index (κ1) is 13.4. The second-order valence-corrected chi connectivity index (χ2v) is 7.37. The fraction of sp³-hybridized carbons (Fsp3) is 0.571. The Morgan fingerprint density at radius 3 is 2.63 bits per heavy atom. The van der Waals surface area contributed by atoms with Crippen LogP contribution in [-0.2, 0) is 0 Å². The summed E-state index contributed by atoms with van der Waals surface area (Å²) in [7, 11) is 0. The normalized spacial score (nSPS) is 29.6. The van der Waals surface area contributed by atoms with E-state index in [4.69, 9.17) is 0 Å². The van der Waals surface area contributed by atoms with E-state index in [0.29, 0.717) is 17.6 Å². The highest BCUT2D eigenvalue weighted by Gasteiger charge is 2.43. The van der Waals surface area contributed by atoms with Crippen LogP contribution in [0.2, 0.25) is 0 Å². The minimum absolute atomic E-state index is 0.154. The summed E-state index contributed by atoms with van der Waals surface area (Å²) in [5.74, 6) is 0.154. The van der Waals surface area contributed by atoms with Gasteiger partial charge >= 0.3 is 0 Å². The highest BCUT2D eigenvalue weighted by atomic mass is 79.9. The van der Waals surface area contributed by atoms with Gasteiger partial charge in [-0.1, -0.05) is 0 Å². The fourth-order valence-corrected chi connectivity index (χ4v) is 4.52. The maximum atomic E-state index is 12.7. The SMILES string of the molecule is CSC1CC2CCC(C1)N2C(=O)c1cncc(Br)c1. The maximum absolute atomic E-state index is 12.7. The summed E-state index contributed by atoms with van der Waals surface area (Å²) in [6, 6.07) is 2.74. The Morgan fingerprint density at radius 1 is 1.37 bits per heavy atom. The first-order valence-corrected chi connectivity index (χ1v) is 8.73. The van der Waals surface area contributed by atoms with E-state index in [1.165, 1.54) is 0 Å². The number of aromatic nitrogens is 1. The summed E-state index contributed by atoms with van der Waals surface area (Å²) in [5.41, 5.74) is 0.703. The standard InChI is InChI=1S/C14H17BrN2OS/c1-19-13-5-11-2-3-12(6-13)17(11)14(18)9-4-10(15)8-16-7-9/h4,7-8,11-13H,2-3,5-6H2,1H3. The number of halogens is 1. The Bertz CT molecular complexity index is 482. The molecule has 5 heteroatoms. The van der Waals surface area contributed by atoms with Crippen LogP contribution in [0.5, 0.6) is 0 Å². The van der Waals surface area contributed by atoms with Crippen LogP contribution in [0, 0.1) is 0 Å². The average molecular weight is 341 g/mol. The van der Waals surface area contributed by atoms with Crippen molar-refractivity contribution in [1.29, 1.82) is 0 Å². The van der Waals surface area contributed by atoms with Gasteiger partial charge in [-0.3, -0.25) is 9.78 Å². The quantitative estimate of drug-likeness (QED) is 0.827. The smallest absolute Gasteiger partial charge is 0.255 e. The number of rotatable bonds is 2. The van der Waals surface area contributed by atoms with Gasteiger partial charge in [-0.25, -0.2) is 0 Å². The molecule has 19 heavy (non-hydrogen) atoms. The summed E-state index contributed by atoms with van der Waals surface area (Å²) in [5, 5.41) is 0.724. The first-order valence-electron chi connectivity index (χ1n) is 6.65. The number of hydrogen-bond acceptors (Lipinski definition) is 3. The number of hydrogen-bond donors (Lipinski definition) is 0. The molecule has 1 amide bonds. The second kappa shape index (κ2) is 5.44. The molecule has 0 N–H and O–H groups in total. The molecule has 2 saturated heterocycles. The molecule has 2 aliphatic rings. The molecule has 2 atom stereocenters. The van der Waals surface area contributed by atoms with Gasteiger partial charge in [0.2, 0.25) is 0 Å². The molecule has 0 spiro atoms. The van der Waals surface area contributed by atoms with Crippen LogP contribution in [0.3, 0.4) is 0 Å². The topological polar surface area (TPSA) is 33.2 Å². The van der Waals surface area contributed by atoms with Gasteiger partial charge in [0.15, 0.2) is 0 Å². The largest absolute Gasteiger partial charge is 0.333 e. The first-order chi connectivity index (χ1) is 9.19. The average Bonchev–Trinajstić information content (AvgIpc) is 2.68. The van der Waals surface area contributed by atoms with E-state index < -0.39 is 0 Å². The van der Waals surface area contributed by atoms with Crippen molar-refractivity contribution in [2.75, 3.05) is 6.26 Å². The molecule has 0 aliphatic carbocycles. The molecule has 1 aromatic heterocycles. The number of carbonyl (C=O) groups is 1. The number of thioether (sulfide) groups is 1. The van der Waals surface area contributed by atoms with Gasteiger partial charge in [-0.05, 0) is 53.9 Å². The van der Waals surface area contributed by atoms with Crippen LogP contribution in [0.15, 0.2) is 22.9 Å². The van der Waals surface area contributed by atoms with Crippen LogP contribution in [0.25, 0.3) is 0 Å². The van der Waals surface area contributed by atoms with Gasteiger partial charge in [0.05, 0.1) is 5.56 Å². The Labute approximate surface area is 126 Å². The number of fused-ring (bicyclic) bond motifs is 2. The van der Waals surface area contributed by atoms with Crippen molar-refractivity contribution in [3.8, 4) is 0 Å². The molecule has 0 aromatic carbocycles. The van der Waals surface area contributed by atoms with Crippen molar-refractivity contribution in [3.63, 3.8) is 0 Å². The van der Waals surface area contributed by atoms with Crippen molar-refractivity contribution in [2.45, 2.75) is 43.0 Å². The molecule has 2 fully saturated rings. The van der Waals surface area contributed by atoms with Gasteiger partial charge in [0.25, 0.3) is 5.91 Å². The number of carbonyl (C=O) groups excluding carboxylic acids is 1. The Balaban J connectivity index is 1.82. The summed E-state index contributed by atoms with van der Waals surface area (Å²) < 4.78 is 0.865. The van der Waals surface area contributed by atoms with E-state index in [1.807, 2.05) is 17.8 Å². The molecule has 2 aliphatic heterocycles. The Hall–Kier alpha value is -0.550. The molecule has 3 heterocycles. The van der Waals surface area contributed by atoms with Crippen LogP contribution < -0.4 is 0 Å². The molecular formula is C14H17BrN2OS. The maximum Gasteiger partial charge on any atom is 0.255 e. The zero-order chi connectivity index (χ0) is 13.4. The number of piperidine rings is 1. The van der Waals surface area contributed by atoms with Crippen LogP contribution in [-0.4, -0.2) is 39.4 Å². The van der Waals surface area contributed by atoms with Gasteiger partial charge in [0.1, 0.15) is 0 Å². The summed E-state index contributed by atoms with van der Waals surface area (Å²) in [4.78, 5) is 18.9. The summed E-state index contributed by atoms with van der Waals surface area (Å²) in [6.07, 6.45) is 10.2. The highest BCUT2D eigenvalue weighted by molar-refractivity contribution is 9.10. The third-order valence-electron chi connectivity index (χ3n) is 4.21. The Morgan fingerprint density at radius 2 is 2.05 bits per heavy atom. The molecule has 0 radical (unpaired) electrons. The van der Waals surface area contributed by atoms with E-state index in [2.05, 4.69) is 32.1 Å². The lowest BCUT2D eigenvalue weighted by atomic mass is 10.0. The van der Waals surface area contributed by atoms with Crippen LogP contribution in [0.4, 0.5) is 0 Å². The summed E-state index contributed by atoms with van der Waals surface area (Å²) >= 11 is 5.33. The van der Waals surface area contributed by atoms with E-state index in [-0.39, 0.29) is 5.91 Å². The van der Waals surface area contributed by atoms with E-state index in [9.17, 15) is 4.79 Å². The monoisotopic (exact) mass is 340 g/mol. The highest BCUT2D eigenvalue weighted by Crippen LogP contribution is 2.40. The van der Waals surface area contributed by atoms with E-state index in [1.54, 1.807) is 12.4 Å². The minimum atomic E-state index is 0.154. The Kier molecular flexibility index (Phi) is 3.85. The second-order valence-electron chi connectivity index (χ2n) is 5.32. The van der Waals surface area contributed by atoms with Crippen molar-refractivity contribution in [2.24, 2.45) is 0 Å². The van der Waals surface area contributed by atoms with Gasteiger partial charge in [0, 0.05) is 34.2 Å². The van der Waals surface area contributed by atoms with E-state index >= 15 is 0 Å². The third-order valence-corrected chi connectivity index (χ3v) is 5.69. The lowest BCUT2D eigenvalue weighted by Gasteiger charge is -2.38. The van der Waals surface area contributed by atoms with Crippen LogP contribution >= 0.6 is 27.7 Å². The molecular weight excluding hydrogens is 324 g/mol. The van der Waals surface area contributed by atoms with Gasteiger partial charge in [-0.2, -0.15) is 11.8 Å². The van der Waals surface area contributed by atoms with E-state index in [0.717, 1.165) is 35.4 Å². The van der Waals surface area contributed by atoms with Crippen molar-refractivity contribution in [1.82, 2.24) is 9.88 Å². The van der Waals surface area contributed by atoms with Gasteiger partial charge < -0.3 is 4.90 Å². The van der Waals surface area contributed by atoms with Crippen LogP contribution in [0.1, 0.15) is 36.0 Å². The van der Waals surface area contributed by atoms with Gasteiger partial charge in [-0.15, -0.1) is 0 Å². The predicted molar refractivity (Wildman–Crippen MR) is 81.5 cm³/mol. The zero-order valence-electron chi connectivity index (χ0n) is 10.9. The van der Waals surface area contributed by atoms with Crippen molar-refractivity contribution >= 4 is 33.6 Å². The third kappa shape index (κ3) is 2.55. The molecule has 2 unspecified atom stereocenters. The van der Waals surface area contributed by atoms with Crippen molar-refractivity contribution in [3.05, 3.63) is 28.5 Å². The minimum Gasteiger partial charge on any atom is -0.333 e. The fourth-order valence-electron chi connectivity index (χ4n) is 3.33. The lowest BCUT2D eigenvalue weighted by molar-refractivity contribution is 0.0601. The molecule has 2 bridgehead atoms. The van der Waals surface area contributed by atoms with Crippen molar-refractivity contribution < 1.29 is 4.79 Å². The lowest BCUT2D eigenvalue weighted by Crippen LogP contribution is -2.47.